The van der Waals surface area contributed by atoms with Gasteiger partial charge < -0.3 is 5.48 Å². The van der Waals surface area contributed by atoms with Crippen molar-refractivity contribution in [2.75, 3.05) is 0 Å². The number of Topliss-reactive ketones (excluding diaryl/α,β-unsaturated/α-hetero) is 2. The molecule has 0 aliphatic rings. The Balaban J connectivity index is -0.000000180. The van der Waals surface area contributed by atoms with Crippen molar-refractivity contribution in [3.63, 3.8) is 0 Å². The Labute approximate surface area is 95.0 Å². The first kappa shape index (κ1) is 16.5. The maximum absolute atomic E-state index is 10.0. The van der Waals surface area contributed by atoms with Crippen molar-refractivity contribution in [2.45, 2.75) is 20.3 Å². The van der Waals surface area contributed by atoms with E-state index >= 15 is 0 Å². The van der Waals surface area contributed by atoms with Gasteiger partial charge in [0.05, 0.1) is 6.42 Å². The molecule has 3 nitrogen and oxygen atoms in total. The van der Waals surface area contributed by atoms with Gasteiger partial charge in [-0.1, -0.05) is 0 Å². The van der Waals surface area contributed by atoms with Crippen LogP contribution in [0.3, 0.4) is 0 Å². The van der Waals surface area contributed by atoms with Crippen molar-refractivity contribution in [3.05, 3.63) is 0 Å². The SMILES string of the molecule is CC(=O)CC(C)=O.O.[Eu]. The number of rotatable bonds is 2. The molecule has 9 heavy (non-hydrogen) atoms. The van der Waals surface area contributed by atoms with Crippen molar-refractivity contribution in [1.82, 2.24) is 0 Å². The standard InChI is InChI=1S/C5H8O2.Eu.H2O/c1-4(6)3-5(2)7;;/h3H2,1-2H3;;1H2. The molecule has 0 saturated carbocycles. The van der Waals surface area contributed by atoms with Gasteiger partial charge in [0.2, 0.25) is 0 Å². The van der Waals surface area contributed by atoms with Crippen LogP contribution in [-0.2, 0) is 9.59 Å². The third kappa shape index (κ3) is 17.6. The molecule has 2 N–H and O–H groups in total. The summed E-state index contributed by atoms with van der Waals surface area (Å²) in [6.07, 6.45) is 0.0833. The van der Waals surface area contributed by atoms with E-state index in [-0.39, 0.29) is 72.8 Å². The summed E-state index contributed by atoms with van der Waals surface area (Å²) in [7, 11) is 0. The summed E-state index contributed by atoms with van der Waals surface area (Å²) >= 11 is 0. The number of carbonyl (C=O) groups excluding carboxylic acids is 2. The second-order valence-corrected chi connectivity index (χ2v) is 1.58. The third-order valence-corrected chi connectivity index (χ3v) is 0.498. The van der Waals surface area contributed by atoms with Gasteiger partial charge in [0.25, 0.3) is 0 Å². The van der Waals surface area contributed by atoms with Gasteiger partial charge in [0, 0.05) is 49.4 Å². The van der Waals surface area contributed by atoms with E-state index in [1.165, 1.54) is 13.8 Å². The number of ketones is 2. The third-order valence-electron chi connectivity index (χ3n) is 0.498. The van der Waals surface area contributed by atoms with Crippen molar-refractivity contribution < 1.29 is 64.4 Å². The van der Waals surface area contributed by atoms with Crippen molar-refractivity contribution >= 4 is 11.6 Å². The number of hydrogen-bond donors (Lipinski definition) is 0. The molecule has 4 heteroatoms. The summed E-state index contributed by atoms with van der Waals surface area (Å²) in [5.41, 5.74) is 0. The van der Waals surface area contributed by atoms with Crippen molar-refractivity contribution in [2.24, 2.45) is 0 Å². The van der Waals surface area contributed by atoms with Crippen molar-refractivity contribution in [3.8, 4) is 0 Å². The summed E-state index contributed by atoms with van der Waals surface area (Å²) in [5.74, 6) is -0.125. The maximum atomic E-state index is 10.0. The molecule has 0 aliphatic carbocycles. The van der Waals surface area contributed by atoms with E-state index < -0.39 is 0 Å². The van der Waals surface area contributed by atoms with E-state index in [9.17, 15) is 9.59 Å². The Bertz CT molecular complexity index is 88.4. The van der Waals surface area contributed by atoms with Gasteiger partial charge >= 0.3 is 0 Å². The first-order chi connectivity index (χ1) is 3.13. The Morgan fingerprint density at radius 1 is 1.11 bits per heavy atom. The Morgan fingerprint density at radius 3 is 1.33 bits per heavy atom. The van der Waals surface area contributed by atoms with E-state index in [0.29, 0.717) is 0 Å². The van der Waals surface area contributed by atoms with Gasteiger partial charge in [-0.05, 0) is 13.8 Å². The second-order valence-electron chi connectivity index (χ2n) is 1.58. The van der Waals surface area contributed by atoms with Crippen molar-refractivity contribution in [1.29, 1.82) is 0 Å². The van der Waals surface area contributed by atoms with Crippen LogP contribution in [0.1, 0.15) is 20.3 Å². The number of carbonyl (C=O) groups is 2. The van der Waals surface area contributed by atoms with E-state index in [4.69, 9.17) is 0 Å². The average Bonchev–Trinajstić information content (AvgIpc) is 1.27. The second kappa shape index (κ2) is 8.88. The quantitative estimate of drug-likeness (QED) is 0.648. The molecule has 0 amide bonds. The van der Waals surface area contributed by atoms with Gasteiger partial charge in [-0.15, -0.1) is 0 Å². The molecule has 0 heterocycles. The Kier molecular flexibility index (Phi) is 16.3. The summed E-state index contributed by atoms with van der Waals surface area (Å²) in [4.78, 5) is 20.1. The molecule has 55 valence electrons. The smallest absolute Gasteiger partial charge is 0.137 e. The van der Waals surface area contributed by atoms with Crippen LogP contribution in [0, 0.1) is 49.4 Å². The van der Waals surface area contributed by atoms with Gasteiger partial charge in [0.1, 0.15) is 11.6 Å². The molecule has 0 aromatic heterocycles. The molecule has 0 bridgehead atoms. The zero-order valence-corrected chi connectivity index (χ0v) is 7.83. The molecule has 1 radical (unpaired) electrons. The largest absolute Gasteiger partial charge is 0.412 e. The van der Waals surface area contributed by atoms with E-state index in [1.807, 2.05) is 0 Å². The van der Waals surface area contributed by atoms with Gasteiger partial charge in [-0.2, -0.15) is 0 Å². The van der Waals surface area contributed by atoms with Crippen LogP contribution in [0.15, 0.2) is 0 Å². The van der Waals surface area contributed by atoms with Crippen LogP contribution < -0.4 is 0 Å². The molecule has 0 atom stereocenters. The molecule has 0 rings (SSSR count). The van der Waals surface area contributed by atoms with E-state index in [2.05, 4.69) is 0 Å². The average molecular weight is 270 g/mol. The first-order valence-electron chi connectivity index (χ1n) is 2.12. The Hall–Kier alpha value is 0.884. The van der Waals surface area contributed by atoms with Crippen LogP contribution >= 0.6 is 0 Å². The normalized spacial score (nSPS) is 6.44. The van der Waals surface area contributed by atoms with Crippen LogP contribution in [0.5, 0.6) is 0 Å². The first-order valence-corrected chi connectivity index (χ1v) is 2.12. The fourth-order valence-corrected chi connectivity index (χ4v) is 0.351. The molecular formula is C5H10EuO3. The minimum absolute atomic E-state index is 0. The fourth-order valence-electron chi connectivity index (χ4n) is 0.351. The molecule has 0 unspecified atom stereocenters. The molecule has 0 saturated heterocycles. The van der Waals surface area contributed by atoms with Gasteiger partial charge in [-0.25, -0.2) is 0 Å². The summed E-state index contributed by atoms with van der Waals surface area (Å²) in [5, 5.41) is 0. The molecule has 0 aromatic carbocycles. The monoisotopic (exact) mass is 271 g/mol. The molecule has 0 aromatic rings. The molecule has 0 aliphatic heterocycles. The summed E-state index contributed by atoms with van der Waals surface area (Å²) in [6.45, 7) is 2.81. The maximum Gasteiger partial charge on any atom is 0.137 e. The minimum atomic E-state index is -0.0625. The number of hydrogen-bond acceptors (Lipinski definition) is 2. The van der Waals surface area contributed by atoms with Crippen LogP contribution in [0.4, 0.5) is 0 Å². The molecule has 0 fully saturated rings. The Morgan fingerprint density at radius 2 is 1.33 bits per heavy atom. The van der Waals surface area contributed by atoms with Crippen LogP contribution in [-0.4, -0.2) is 17.0 Å². The van der Waals surface area contributed by atoms with Gasteiger partial charge in [-0.3, -0.25) is 9.59 Å². The van der Waals surface area contributed by atoms with Gasteiger partial charge in [0.15, 0.2) is 0 Å². The summed E-state index contributed by atoms with van der Waals surface area (Å²) in [6, 6.07) is 0. The van der Waals surface area contributed by atoms with Crippen LogP contribution in [0.2, 0.25) is 0 Å². The summed E-state index contributed by atoms with van der Waals surface area (Å²) < 4.78 is 0. The molecule has 0 spiro atoms. The minimum Gasteiger partial charge on any atom is -0.412 e. The van der Waals surface area contributed by atoms with Crippen LogP contribution in [0.25, 0.3) is 0 Å². The van der Waals surface area contributed by atoms with E-state index in [0.717, 1.165) is 0 Å². The predicted octanol–water partition coefficient (Wildman–Crippen LogP) is -0.270. The topological polar surface area (TPSA) is 65.6 Å². The molecular weight excluding hydrogens is 260 g/mol. The predicted molar refractivity (Wildman–Crippen MR) is 29.6 cm³/mol. The zero-order valence-electron chi connectivity index (χ0n) is 5.40. The zero-order chi connectivity index (χ0) is 5.86. The van der Waals surface area contributed by atoms with E-state index in [1.54, 1.807) is 0 Å². The fraction of sp³-hybridized carbons (Fsp3) is 0.600.